The molecule has 2 N–H and O–H groups in total. The summed E-state index contributed by atoms with van der Waals surface area (Å²) in [5.41, 5.74) is 0.902. The minimum atomic E-state index is -0.692. The highest BCUT2D eigenvalue weighted by Crippen LogP contribution is 2.15. The first-order valence-electron chi connectivity index (χ1n) is 4.81. The Labute approximate surface area is 95.6 Å². The van der Waals surface area contributed by atoms with Crippen molar-refractivity contribution in [2.24, 2.45) is 0 Å². The summed E-state index contributed by atoms with van der Waals surface area (Å²) in [7, 11) is 0. The zero-order chi connectivity index (χ0) is 12.3. The monoisotopic (exact) mass is 235 g/mol. The molecule has 0 aliphatic rings. The smallest absolute Gasteiger partial charge is 0.395 e. The largest absolute Gasteiger partial charge is 0.433 e. The third kappa shape index (κ3) is 2.51. The van der Waals surface area contributed by atoms with Gasteiger partial charge in [0.15, 0.2) is 5.76 Å². The molecule has 1 amide bonds. The number of nitrogens with zero attached hydrogens (tertiary/aromatic N) is 1. The quantitative estimate of drug-likeness (QED) is 0.618. The van der Waals surface area contributed by atoms with Crippen LogP contribution in [0.1, 0.15) is 16.1 Å². The van der Waals surface area contributed by atoms with E-state index in [1.54, 1.807) is 12.4 Å². The molecule has 0 saturated carbocycles. The maximum Gasteiger partial charge on any atom is 0.433 e. The maximum absolute atomic E-state index is 11.5. The second kappa shape index (κ2) is 4.52. The van der Waals surface area contributed by atoms with E-state index in [0.29, 0.717) is 6.54 Å². The molecule has 0 atom stereocenters. The van der Waals surface area contributed by atoms with Gasteiger partial charge in [0.05, 0.1) is 6.07 Å². The second-order valence-electron chi connectivity index (χ2n) is 3.30. The van der Waals surface area contributed by atoms with Gasteiger partial charge in [0.2, 0.25) is 0 Å². The van der Waals surface area contributed by atoms with Gasteiger partial charge in [-0.05, 0) is 17.7 Å². The van der Waals surface area contributed by atoms with Crippen LogP contribution in [0.25, 0.3) is 0 Å². The predicted octanol–water partition coefficient (Wildman–Crippen LogP) is 1.45. The number of H-pyrrole nitrogens is 1. The Hall–Kier alpha value is -2.57. The summed E-state index contributed by atoms with van der Waals surface area (Å²) in [5, 5.41) is 12.9. The minimum Gasteiger partial charge on any atom is -0.395 e. The molecule has 0 spiro atoms. The van der Waals surface area contributed by atoms with Gasteiger partial charge in [0, 0.05) is 18.9 Å². The van der Waals surface area contributed by atoms with Gasteiger partial charge >= 0.3 is 5.88 Å². The molecule has 88 valence electrons. The molecule has 0 unspecified atom stereocenters. The summed E-state index contributed by atoms with van der Waals surface area (Å²) in [4.78, 5) is 24.1. The number of carbonyl (C=O) groups excluding carboxylic acids is 1. The van der Waals surface area contributed by atoms with Crippen molar-refractivity contribution >= 4 is 11.8 Å². The zero-order valence-electron chi connectivity index (χ0n) is 8.67. The van der Waals surface area contributed by atoms with Crippen molar-refractivity contribution < 1.29 is 14.1 Å². The predicted molar refractivity (Wildman–Crippen MR) is 57.3 cm³/mol. The second-order valence-corrected chi connectivity index (χ2v) is 3.30. The van der Waals surface area contributed by atoms with Gasteiger partial charge in [0.25, 0.3) is 5.91 Å². The number of hydrogen-bond donors (Lipinski definition) is 2. The lowest BCUT2D eigenvalue weighted by Crippen LogP contribution is -2.21. The van der Waals surface area contributed by atoms with Gasteiger partial charge in [0.1, 0.15) is 4.92 Å². The maximum atomic E-state index is 11.5. The average Bonchev–Trinajstić information content (AvgIpc) is 2.96. The van der Waals surface area contributed by atoms with Crippen molar-refractivity contribution in [3.63, 3.8) is 0 Å². The fourth-order valence-corrected chi connectivity index (χ4v) is 1.29. The van der Waals surface area contributed by atoms with Gasteiger partial charge < -0.3 is 14.7 Å². The topological polar surface area (TPSA) is 101 Å². The Morgan fingerprint density at radius 1 is 1.47 bits per heavy atom. The van der Waals surface area contributed by atoms with Crippen LogP contribution < -0.4 is 5.32 Å². The number of aromatic nitrogens is 1. The number of furan rings is 1. The number of amides is 1. The molecule has 0 aliphatic heterocycles. The molecule has 7 heteroatoms. The number of nitrogens with one attached hydrogen (secondary N) is 2. The van der Waals surface area contributed by atoms with Crippen molar-refractivity contribution in [2.75, 3.05) is 0 Å². The minimum absolute atomic E-state index is 0.0766. The molecule has 0 radical (unpaired) electrons. The van der Waals surface area contributed by atoms with Gasteiger partial charge in [-0.2, -0.15) is 0 Å². The molecule has 2 aromatic rings. The Balaban J connectivity index is 1.97. The van der Waals surface area contributed by atoms with Crippen molar-refractivity contribution in [3.8, 4) is 0 Å². The average molecular weight is 235 g/mol. The Morgan fingerprint density at radius 2 is 2.29 bits per heavy atom. The van der Waals surface area contributed by atoms with Crippen LogP contribution in [0, 0.1) is 10.1 Å². The normalized spacial score (nSPS) is 10.1. The van der Waals surface area contributed by atoms with Crippen LogP contribution in [0.4, 0.5) is 5.88 Å². The number of carbonyl (C=O) groups is 1. The molecule has 17 heavy (non-hydrogen) atoms. The zero-order valence-corrected chi connectivity index (χ0v) is 8.67. The molecule has 2 rings (SSSR count). The number of hydrogen-bond acceptors (Lipinski definition) is 4. The third-order valence-corrected chi connectivity index (χ3v) is 2.11. The van der Waals surface area contributed by atoms with Gasteiger partial charge in [-0.3, -0.25) is 14.9 Å². The molecule has 7 nitrogen and oxygen atoms in total. The summed E-state index contributed by atoms with van der Waals surface area (Å²) in [6, 6.07) is 4.22. The highest BCUT2D eigenvalue weighted by Gasteiger charge is 2.16. The van der Waals surface area contributed by atoms with E-state index >= 15 is 0 Å². The Kier molecular flexibility index (Phi) is 2.91. The number of rotatable bonds is 4. The summed E-state index contributed by atoms with van der Waals surface area (Å²) < 4.78 is 4.76. The molecule has 0 saturated heterocycles. The Morgan fingerprint density at radius 3 is 2.88 bits per heavy atom. The lowest BCUT2D eigenvalue weighted by Gasteiger charge is -1.99. The molecular formula is C10H9N3O4. The van der Waals surface area contributed by atoms with Crippen molar-refractivity contribution in [3.05, 3.63) is 52.0 Å². The molecule has 2 aromatic heterocycles. The first-order valence-corrected chi connectivity index (χ1v) is 4.81. The third-order valence-electron chi connectivity index (χ3n) is 2.11. The molecule has 0 bridgehead atoms. The number of nitro groups is 1. The van der Waals surface area contributed by atoms with E-state index in [0.717, 1.165) is 11.6 Å². The lowest BCUT2D eigenvalue weighted by molar-refractivity contribution is -0.402. The van der Waals surface area contributed by atoms with Crippen LogP contribution in [0.3, 0.4) is 0 Å². The van der Waals surface area contributed by atoms with Gasteiger partial charge in [-0.25, -0.2) is 0 Å². The van der Waals surface area contributed by atoms with Crippen LogP contribution in [0.15, 0.2) is 35.0 Å². The fraction of sp³-hybridized carbons (Fsp3) is 0.100. The van der Waals surface area contributed by atoms with Crippen LogP contribution in [-0.2, 0) is 6.54 Å². The van der Waals surface area contributed by atoms with Crippen LogP contribution in [0.5, 0.6) is 0 Å². The van der Waals surface area contributed by atoms with E-state index in [1.165, 1.54) is 6.07 Å². The first kappa shape index (κ1) is 10.9. The molecular weight excluding hydrogens is 226 g/mol. The van der Waals surface area contributed by atoms with Crippen LogP contribution >= 0.6 is 0 Å². The van der Waals surface area contributed by atoms with Gasteiger partial charge in [-0.1, -0.05) is 0 Å². The SMILES string of the molecule is O=C(NCc1cc[nH]c1)c1ccc([N+](=O)[O-])o1. The highest BCUT2D eigenvalue weighted by molar-refractivity contribution is 5.91. The standard InChI is InChI=1S/C10H9N3O4/c14-10(12-6-7-3-4-11-5-7)8-1-2-9(17-8)13(15)16/h1-5,11H,6H2,(H,12,14). The fourth-order valence-electron chi connectivity index (χ4n) is 1.29. The van der Waals surface area contributed by atoms with Gasteiger partial charge in [-0.15, -0.1) is 0 Å². The summed E-state index contributed by atoms with van der Waals surface area (Å²) >= 11 is 0. The molecule has 0 aliphatic carbocycles. The van der Waals surface area contributed by atoms with E-state index in [-0.39, 0.29) is 5.76 Å². The van der Waals surface area contributed by atoms with Crippen molar-refractivity contribution in [1.29, 1.82) is 0 Å². The summed E-state index contributed by atoms with van der Waals surface area (Å²) in [5.74, 6) is -1.01. The molecule has 2 heterocycles. The van der Waals surface area contributed by atoms with Crippen LogP contribution in [0.2, 0.25) is 0 Å². The number of aromatic amines is 1. The Bertz CT molecular complexity index is 530. The van der Waals surface area contributed by atoms with Crippen molar-refractivity contribution in [1.82, 2.24) is 10.3 Å². The van der Waals surface area contributed by atoms with Crippen molar-refractivity contribution in [2.45, 2.75) is 6.54 Å². The summed E-state index contributed by atoms with van der Waals surface area (Å²) in [6.45, 7) is 0.330. The van der Waals surface area contributed by atoms with E-state index in [1.807, 2.05) is 6.07 Å². The lowest BCUT2D eigenvalue weighted by atomic mass is 10.3. The van der Waals surface area contributed by atoms with E-state index in [9.17, 15) is 14.9 Å². The first-order chi connectivity index (χ1) is 8.16. The van der Waals surface area contributed by atoms with E-state index < -0.39 is 16.7 Å². The molecule has 0 aromatic carbocycles. The van der Waals surface area contributed by atoms with Crippen LogP contribution in [-0.4, -0.2) is 15.8 Å². The van der Waals surface area contributed by atoms with E-state index in [4.69, 9.17) is 4.42 Å². The van der Waals surface area contributed by atoms with E-state index in [2.05, 4.69) is 10.3 Å². The molecule has 0 fully saturated rings. The highest BCUT2D eigenvalue weighted by atomic mass is 16.6. The summed E-state index contributed by atoms with van der Waals surface area (Å²) in [6.07, 6.45) is 3.48.